The zero-order chi connectivity index (χ0) is 16.9. The second-order valence-corrected chi connectivity index (χ2v) is 8.51. The number of carbonyl (C=O) groups is 2. The van der Waals surface area contributed by atoms with Gasteiger partial charge in [0.05, 0.1) is 17.6 Å². The smallest absolute Gasteiger partial charge is 0.309 e. The number of nitrogens with one attached hydrogen (secondary N) is 1. The van der Waals surface area contributed by atoms with Crippen LogP contribution < -0.4 is 11.1 Å². The number of nitrogens with zero attached hydrogens (tertiary/aromatic N) is 1. The zero-order valence-corrected chi connectivity index (χ0v) is 14.0. The number of ether oxygens (including phenoxy) is 1. The third-order valence-corrected chi connectivity index (χ3v) is 6.17. The second kappa shape index (κ2) is 8.07. The van der Waals surface area contributed by atoms with E-state index in [9.17, 15) is 18.0 Å². The van der Waals surface area contributed by atoms with Gasteiger partial charge in [-0.3, -0.25) is 9.59 Å². The van der Waals surface area contributed by atoms with Gasteiger partial charge in [-0.05, 0) is 31.7 Å². The number of hydrogen-bond acceptors (Lipinski definition) is 6. The molecule has 2 unspecified atom stereocenters. The van der Waals surface area contributed by atoms with E-state index in [1.807, 2.05) is 0 Å². The van der Waals surface area contributed by atoms with Gasteiger partial charge in [-0.15, -0.1) is 0 Å². The van der Waals surface area contributed by atoms with Gasteiger partial charge in [0.25, 0.3) is 0 Å². The highest BCUT2D eigenvalue weighted by Crippen LogP contribution is 2.22. The molecule has 2 heterocycles. The predicted octanol–water partition coefficient (Wildman–Crippen LogP) is -1.50. The highest BCUT2D eigenvalue weighted by atomic mass is 32.2. The van der Waals surface area contributed by atoms with Gasteiger partial charge in [0.1, 0.15) is 0 Å². The summed E-state index contributed by atoms with van der Waals surface area (Å²) in [4.78, 5) is 24.2. The van der Waals surface area contributed by atoms with Crippen molar-refractivity contribution in [3.63, 3.8) is 0 Å². The van der Waals surface area contributed by atoms with E-state index in [0.29, 0.717) is 24.7 Å². The molecule has 9 heteroatoms. The summed E-state index contributed by atoms with van der Waals surface area (Å²) in [6.45, 7) is 3.21. The van der Waals surface area contributed by atoms with Crippen LogP contribution in [0.25, 0.3) is 0 Å². The van der Waals surface area contributed by atoms with Gasteiger partial charge < -0.3 is 20.7 Å². The first kappa shape index (κ1) is 18.2. The van der Waals surface area contributed by atoms with Crippen LogP contribution in [0.1, 0.15) is 19.3 Å². The molecule has 2 aliphatic rings. The Bertz CT molecular complexity index is 537. The minimum Gasteiger partial charge on any atom is -0.375 e. The molecule has 2 fully saturated rings. The number of amides is 2. The second-order valence-electron chi connectivity index (χ2n) is 6.28. The van der Waals surface area contributed by atoms with Crippen LogP contribution in [-0.2, 0) is 24.2 Å². The minimum absolute atomic E-state index is 0.187. The number of nitrogens with two attached hydrogens (primary N) is 1. The number of primary amides is 1. The van der Waals surface area contributed by atoms with Gasteiger partial charge in [-0.2, -0.15) is 0 Å². The van der Waals surface area contributed by atoms with Crippen molar-refractivity contribution in [3.05, 3.63) is 0 Å². The lowest BCUT2D eigenvalue weighted by molar-refractivity contribution is -0.137. The Morgan fingerprint density at radius 2 is 2.13 bits per heavy atom. The van der Waals surface area contributed by atoms with Crippen LogP contribution in [0.15, 0.2) is 0 Å². The van der Waals surface area contributed by atoms with Crippen molar-refractivity contribution in [1.82, 2.24) is 10.2 Å². The number of sulfone groups is 1. The Hall–Kier alpha value is -1.19. The molecule has 2 rings (SSSR count). The van der Waals surface area contributed by atoms with Crippen molar-refractivity contribution in [2.24, 2.45) is 11.7 Å². The van der Waals surface area contributed by atoms with Crippen LogP contribution in [0.4, 0.5) is 0 Å². The standard InChI is InChI=1S/C14H25N3O5S/c15-13(18)14(19)16-8-12-9-17(4-1-6-22-12)5-2-11-3-7-23(20,21)10-11/h11-12H,1-10H2,(H2,15,18)(H,16,19). The molecule has 2 amide bonds. The first-order chi connectivity index (χ1) is 10.9. The summed E-state index contributed by atoms with van der Waals surface area (Å²) in [6, 6.07) is 0. The van der Waals surface area contributed by atoms with E-state index in [1.54, 1.807) is 0 Å². The minimum atomic E-state index is -2.83. The lowest BCUT2D eigenvalue weighted by atomic mass is 10.0. The maximum absolute atomic E-state index is 11.5. The summed E-state index contributed by atoms with van der Waals surface area (Å²) in [6.07, 6.45) is 2.32. The molecule has 0 radical (unpaired) electrons. The van der Waals surface area contributed by atoms with Crippen molar-refractivity contribution in [3.8, 4) is 0 Å². The van der Waals surface area contributed by atoms with Gasteiger partial charge in [0.15, 0.2) is 9.84 Å². The van der Waals surface area contributed by atoms with Crippen LogP contribution in [0.2, 0.25) is 0 Å². The third kappa shape index (κ3) is 6.08. The molecule has 0 bridgehead atoms. The molecule has 0 aliphatic carbocycles. The van der Waals surface area contributed by atoms with E-state index in [4.69, 9.17) is 10.5 Å². The molecule has 2 aliphatic heterocycles. The summed E-state index contributed by atoms with van der Waals surface area (Å²) >= 11 is 0. The largest absolute Gasteiger partial charge is 0.375 e. The van der Waals surface area contributed by atoms with Gasteiger partial charge in [0, 0.05) is 26.2 Å². The van der Waals surface area contributed by atoms with Gasteiger partial charge in [-0.1, -0.05) is 0 Å². The summed E-state index contributed by atoms with van der Waals surface area (Å²) in [5, 5.41) is 2.46. The molecule has 132 valence electrons. The Morgan fingerprint density at radius 1 is 1.35 bits per heavy atom. The van der Waals surface area contributed by atoms with E-state index in [-0.39, 0.29) is 18.6 Å². The van der Waals surface area contributed by atoms with E-state index in [2.05, 4.69) is 10.2 Å². The molecule has 0 saturated carbocycles. The van der Waals surface area contributed by atoms with Crippen LogP contribution in [0, 0.1) is 5.92 Å². The SMILES string of the molecule is NC(=O)C(=O)NCC1CN(CCC2CCS(=O)(=O)C2)CCCO1. The van der Waals surface area contributed by atoms with Crippen molar-refractivity contribution in [1.29, 1.82) is 0 Å². The molecule has 3 N–H and O–H groups in total. The van der Waals surface area contributed by atoms with Crippen LogP contribution in [0.3, 0.4) is 0 Å². The average Bonchev–Trinajstić information content (AvgIpc) is 2.70. The van der Waals surface area contributed by atoms with E-state index < -0.39 is 21.7 Å². The fourth-order valence-corrected chi connectivity index (χ4v) is 4.97. The van der Waals surface area contributed by atoms with Crippen molar-refractivity contribution >= 4 is 21.7 Å². The fraction of sp³-hybridized carbons (Fsp3) is 0.857. The summed E-state index contributed by atoms with van der Waals surface area (Å²) in [5.41, 5.74) is 4.90. The van der Waals surface area contributed by atoms with E-state index in [0.717, 1.165) is 32.4 Å². The Labute approximate surface area is 136 Å². The quantitative estimate of drug-likeness (QED) is 0.585. The summed E-state index contributed by atoms with van der Waals surface area (Å²) in [5.74, 6) is -0.950. The third-order valence-electron chi connectivity index (χ3n) is 4.33. The maximum Gasteiger partial charge on any atom is 0.309 e. The molecule has 0 aromatic carbocycles. The van der Waals surface area contributed by atoms with Crippen molar-refractivity contribution in [2.75, 3.05) is 44.3 Å². The predicted molar refractivity (Wildman–Crippen MR) is 84.4 cm³/mol. The highest BCUT2D eigenvalue weighted by Gasteiger charge is 2.28. The topological polar surface area (TPSA) is 119 Å². The fourth-order valence-electron chi connectivity index (χ4n) is 3.06. The summed E-state index contributed by atoms with van der Waals surface area (Å²) in [7, 11) is -2.83. The molecule has 8 nitrogen and oxygen atoms in total. The Kier molecular flexibility index (Phi) is 6.37. The molecular formula is C14H25N3O5S. The average molecular weight is 347 g/mol. The molecular weight excluding hydrogens is 322 g/mol. The lowest BCUT2D eigenvalue weighted by Gasteiger charge is -2.24. The maximum atomic E-state index is 11.5. The molecule has 0 aromatic rings. The number of hydrogen-bond donors (Lipinski definition) is 2. The highest BCUT2D eigenvalue weighted by molar-refractivity contribution is 7.91. The monoisotopic (exact) mass is 347 g/mol. The molecule has 2 atom stereocenters. The Morgan fingerprint density at radius 3 is 2.78 bits per heavy atom. The molecule has 23 heavy (non-hydrogen) atoms. The van der Waals surface area contributed by atoms with Gasteiger partial charge >= 0.3 is 11.8 Å². The lowest BCUT2D eigenvalue weighted by Crippen LogP contribution is -2.44. The molecule has 0 spiro atoms. The normalized spacial score (nSPS) is 28.2. The molecule has 2 saturated heterocycles. The van der Waals surface area contributed by atoms with Crippen LogP contribution in [0.5, 0.6) is 0 Å². The first-order valence-corrected chi connectivity index (χ1v) is 9.80. The van der Waals surface area contributed by atoms with Crippen LogP contribution >= 0.6 is 0 Å². The molecule has 0 aromatic heterocycles. The van der Waals surface area contributed by atoms with Crippen molar-refractivity contribution < 1.29 is 22.7 Å². The van der Waals surface area contributed by atoms with Gasteiger partial charge in [-0.25, -0.2) is 8.42 Å². The Balaban J connectivity index is 1.75. The first-order valence-electron chi connectivity index (χ1n) is 7.98. The summed E-state index contributed by atoms with van der Waals surface area (Å²) < 4.78 is 28.6. The van der Waals surface area contributed by atoms with Crippen molar-refractivity contribution in [2.45, 2.75) is 25.4 Å². The van der Waals surface area contributed by atoms with E-state index >= 15 is 0 Å². The van der Waals surface area contributed by atoms with E-state index in [1.165, 1.54) is 0 Å². The van der Waals surface area contributed by atoms with Crippen LogP contribution in [-0.4, -0.2) is 75.5 Å². The number of carbonyl (C=O) groups excluding carboxylic acids is 2. The zero-order valence-electron chi connectivity index (χ0n) is 13.2. The number of rotatable bonds is 5. The van der Waals surface area contributed by atoms with Gasteiger partial charge in [0.2, 0.25) is 0 Å².